The fourth-order valence-corrected chi connectivity index (χ4v) is 5.90. The average Bonchev–Trinajstić information content (AvgIpc) is 3.35. The predicted octanol–water partition coefficient (Wildman–Crippen LogP) is 6.42. The van der Waals surface area contributed by atoms with Crippen LogP contribution >= 0.6 is 0 Å². The molecular formula is C27H19FN2O2S. The topological polar surface area (TPSA) is 44.0 Å². The van der Waals surface area contributed by atoms with E-state index in [2.05, 4.69) is 0 Å². The number of fused-ring (bicyclic) bond motifs is 4. The zero-order chi connectivity index (χ0) is 22.7. The molecule has 0 saturated heterocycles. The summed E-state index contributed by atoms with van der Waals surface area (Å²) in [5.41, 5.74) is 3.86. The van der Waals surface area contributed by atoms with Crippen LogP contribution in [0.2, 0.25) is 0 Å². The molecule has 4 nitrogen and oxygen atoms in total. The molecule has 2 aromatic heterocycles. The molecule has 0 aliphatic carbocycles. The Labute approximate surface area is 190 Å². The monoisotopic (exact) mass is 454 g/mol. The van der Waals surface area contributed by atoms with Crippen molar-refractivity contribution in [1.82, 2.24) is 8.54 Å². The van der Waals surface area contributed by atoms with Gasteiger partial charge in [0, 0.05) is 22.4 Å². The second-order valence-corrected chi connectivity index (χ2v) is 9.97. The van der Waals surface area contributed by atoms with Gasteiger partial charge in [0.05, 0.1) is 27.1 Å². The molecule has 0 aliphatic rings. The van der Waals surface area contributed by atoms with E-state index in [0.29, 0.717) is 16.6 Å². The van der Waals surface area contributed by atoms with Crippen LogP contribution in [0, 0.1) is 12.7 Å². The zero-order valence-electron chi connectivity index (χ0n) is 17.7. The van der Waals surface area contributed by atoms with E-state index >= 15 is 0 Å². The third-order valence-corrected chi connectivity index (χ3v) is 7.80. The Hall–Kier alpha value is -3.90. The van der Waals surface area contributed by atoms with E-state index in [1.54, 1.807) is 30.5 Å². The summed E-state index contributed by atoms with van der Waals surface area (Å²) in [7, 11) is -3.89. The quantitative estimate of drug-likeness (QED) is 0.310. The number of hydrogen-bond acceptors (Lipinski definition) is 2. The molecule has 6 heteroatoms. The highest BCUT2D eigenvalue weighted by Crippen LogP contribution is 2.36. The highest BCUT2D eigenvalue weighted by molar-refractivity contribution is 7.90. The maximum absolute atomic E-state index is 14.4. The van der Waals surface area contributed by atoms with Crippen molar-refractivity contribution in [1.29, 1.82) is 0 Å². The lowest BCUT2D eigenvalue weighted by atomic mass is 10.2. The molecule has 0 bridgehead atoms. The Bertz CT molecular complexity index is 1740. The fraction of sp³-hybridized carbons (Fsp3) is 0.0370. The van der Waals surface area contributed by atoms with Gasteiger partial charge in [-0.2, -0.15) is 0 Å². The van der Waals surface area contributed by atoms with E-state index in [1.807, 2.05) is 60.0 Å². The standard InChI is InChI=1S/C27H19FN2O2S/c1-18-10-13-20(14-11-18)33(31,32)29-17-27(23-16-19(28)12-15-24(23)29)30-25-8-4-2-6-21(25)22-7-3-5-9-26(22)30/h2-17H,1H3. The fourth-order valence-electron chi connectivity index (χ4n) is 4.54. The van der Waals surface area contributed by atoms with Crippen LogP contribution < -0.4 is 0 Å². The van der Waals surface area contributed by atoms with Crippen LogP contribution in [0.3, 0.4) is 0 Å². The van der Waals surface area contributed by atoms with Crippen LogP contribution in [0.1, 0.15) is 5.56 Å². The van der Waals surface area contributed by atoms with Crippen molar-refractivity contribution in [3.63, 3.8) is 0 Å². The molecule has 0 N–H and O–H groups in total. The van der Waals surface area contributed by atoms with E-state index in [4.69, 9.17) is 0 Å². The Kier molecular flexibility index (Phi) is 4.22. The third-order valence-electron chi connectivity index (χ3n) is 6.11. The Morgan fingerprint density at radius 1 is 0.697 bits per heavy atom. The lowest BCUT2D eigenvalue weighted by Crippen LogP contribution is -2.11. The van der Waals surface area contributed by atoms with E-state index in [1.165, 1.54) is 22.2 Å². The zero-order valence-corrected chi connectivity index (χ0v) is 18.6. The third kappa shape index (κ3) is 2.91. The largest absolute Gasteiger partial charge is 0.307 e. The van der Waals surface area contributed by atoms with Gasteiger partial charge in [-0.25, -0.2) is 16.8 Å². The molecule has 162 valence electrons. The van der Waals surface area contributed by atoms with Crippen molar-refractivity contribution >= 4 is 42.7 Å². The van der Waals surface area contributed by atoms with Gasteiger partial charge < -0.3 is 4.57 Å². The van der Waals surface area contributed by atoms with E-state index < -0.39 is 15.8 Å². The molecule has 0 amide bonds. The molecular weight excluding hydrogens is 435 g/mol. The molecule has 0 radical (unpaired) electrons. The van der Waals surface area contributed by atoms with Gasteiger partial charge in [-0.15, -0.1) is 0 Å². The Morgan fingerprint density at radius 3 is 1.94 bits per heavy atom. The normalized spacial score (nSPS) is 12.2. The molecule has 0 aliphatic heterocycles. The summed E-state index contributed by atoms with van der Waals surface area (Å²) in [4.78, 5) is 0.183. The van der Waals surface area contributed by atoms with Gasteiger partial charge in [-0.3, -0.25) is 0 Å². The molecule has 0 spiro atoms. The average molecular weight is 455 g/mol. The summed E-state index contributed by atoms with van der Waals surface area (Å²) in [6.07, 6.45) is 1.60. The van der Waals surface area contributed by atoms with Crippen molar-refractivity contribution in [2.45, 2.75) is 11.8 Å². The molecule has 4 aromatic carbocycles. The second kappa shape index (κ2) is 7.05. The van der Waals surface area contributed by atoms with Gasteiger partial charge in [0.2, 0.25) is 0 Å². The van der Waals surface area contributed by atoms with Crippen LogP contribution in [0.15, 0.2) is 102 Å². The molecule has 2 heterocycles. The number of hydrogen-bond donors (Lipinski definition) is 0. The number of para-hydroxylation sites is 2. The first kappa shape index (κ1) is 19.8. The van der Waals surface area contributed by atoms with Crippen LogP contribution in [0.4, 0.5) is 4.39 Å². The van der Waals surface area contributed by atoms with Crippen LogP contribution in [-0.4, -0.2) is 17.0 Å². The van der Waals surface area contributed by atoms with Gasteiger partial charge >= 0.3 is 0 Å². The van der Waals surface area contributed by atoms with Crippen molar-refractivity contribution in [2.24, 2.45) is 0 Å². The second-order valence-electron chi connectivity index (χ2n) is 8.16. The maximum atomic E-state index is 14.4. The van der Waals surface area contributed by atoms with Crippen LogP contribution in [-0.2, 0) is 10.0 Å². The number of aromatic nitrogens is 2. The Balaban J connectivity index is 1.73. The summed E-state index contributed by atoms with van der Waals surface area (Å²) >= 11 is 0. The van der Waals surface area contributed by atoms with Crippen LogP contribution in [0.5, 0.6) is 0 Å². The first-order valence-corrected chi connectivity index (χ1v) is 12.0. The van der Waals surface area contributed by atoms with Crippen molar-refractivity contribution in [3.8, 4) is 5.69 Å². The molecule has 0 fully saturated rings. The van der Waals surface area contributed by atoms with Crippen molar-refractivity contribution in [3.05, 3.63) is 109 Å². The number of benzene rings is 4. The lowest BCUT2D eigenvalue weighted by molar-refractivity contribution is 0.589. The minimum Gasteiger partial charge on any atom is -0.307 e. The van der Waals surface area contributed by atoms with Gasteiger partial charge in [0.1, 0.15) is 5.82 Å². The smallest absolute Gasteiger partial charge is 0.268 e. The summed E-state index contributed by atoms with van der Waals surface area (Å²) < 4.78 is 44.9. The van der Waals surface area contributed by atoms with Gasteiger partial charge in [-0.1, -0.05) is 54.1 Å². The van der Waals surface area contributed by atoms with Gasteiger partial charge in [0.15, 0.2) is 0 Å². The number of aryl methyl sites for hydroxylation is 1. The van der Waals surface area contributed by atoms with E-state index in [-0.39, 0.29) is 4.90 Å². The minimum atomic E-state index is -3.89. The summed E-state index contributed by atoms with van der Waals surface area (Å²) in [6.45, 7) is 1.91. The maximum Gasteiger partial charge on any atom is 0.268 e. The molecule has 6 rings (SSSR count). The predicted molar refractivity (Wildman–Crippen MR) is 130 cm³/mol. The highest BCUT2D eigenvalue weighted by atomic mass is 32.2. The summed E-state index contributed by atoms with van der Waals surface area (Å²) in [6, 6.07) is 26.8. The van der Waals surface area contributed by atoms with E-state index in [9.17, 15) is 12.8 Å². The van der Waals surface area contributed by atoms with Gasteiger partial charge in [0.25, 0.3) is 10.0 Å². The molecule has 0 saturated carbocycles. The minimum absolute atomic E-state index is 0.183. The number of rotatable bonds is 3. The number of halogens is 1. The lowest BCUT2D eigenvalue weighted by Gasteiger charge is -2.08. The summed E-state index contributed by atoms with van der Waals surface area (Å²) in [5.74, 6) is -0.421. The molecule has 6 aromatic rings. The van der Waals surface area contributed by atoms with Crippen molar-refractivity contribution in [2.75, 3.05) is 0 Å². The first-order valence-electron chi connectivity index (χ1n) is 10.6. The molecule has 33 heavy (non-hydrogen) atoms. The van der Waals surface area contributed by atoms with Gasteiger partial charge in [-0.05, 0) is 49.4 Å². The molecule has 0 atom stereocenters. The highest BCUT2D eigenvalue weighted by Gasteiger charge is 2.24. The van der Waals surface area contributed by atoms with Crippen molar-refractivity contribution < 1.29 is 12.8 Å². The van der Waals surface area contributed by atoms with E-state index in [0.717, 1.165) is 27.4 Å². The summed E-state index contributed by atoms with van der Waals surface area (Å²) in [5, 5.41) is 2.62. The number of nitrogens with zero attached hydrogens (tertiary/aromatic N) is 2. The first-order chi connectivity index (χ1) is 15.9. The Morgan fingerprint density at radius 2 is 1.30 bits per heavy atom. The molecule has 0 unspecified atom stereocenters. The van der Waals surface area contributed by atoms with Crippen LogP contribution in [0.25, 0.3) is 38.4 Å². The SMILES string of the molecule is Cc1ccc(S(=O)(=O)n2cc(-n3c4ccccc4c4ccccc43)c3cc(F)ccc32)cc1.